The summed E-state index contributed by atoms with van der Waals surface area (Å²) in [7, 11) is 0. The number of benzene rings is 1. The van der Waals surface area contributed by atoms with Gasteiger partial charge in [-0.3, -0.25) is 4.90 Å². The number of nitrogens with two attached hydrogens (primary N) is 1. The fourth-order valence-corrected chi connectivity index (χ4v) is 7.30. The number of imidazole rings is 1. The van der Waals surface area contributed by atoms with Gasteiger partial charge in [-0.15, -0.1) is 0 Å². The molecule has 1 aliphatic heterocycles. The number of aromatic nitrogens is 4. The summed E-state index contributed by atoms with van der Waals surface area (Å²) in [4.78, 5) is 30.1. The third-order valence-corrected chi connectivity index (χ3v) is 9.79. The Morgan fingerprint density at radius 3 is 2.36 bits per heavy atom. The highest BCUT2D eigenvalue weighted by molar-refractivity contribution is 8.00. The Kier molecular flexibility index (Phi) is 8.32. The number of carbonyl (C=O) groups is 1. The number of hydrogen-bond donors (Lipinski definition) is 3. The fourth-order valence-electron chi connectivity index (χ4n) is 6.30. The van der Waals surface area contributed by atoms with Crippen molar-refractivity contribution in [3.05, 3.63) is 36.7 Å². The molecule has 3 fully saturated rings. The number of hydrogen-bond acceptors (Lipinski definition) is 9. The highest BCUT2D eigenvalue weighted by Gasteiger charge is 2.28. The molecule has 1 unspecified atom stereocenters. The van der Waals surface area contributed by atoms with Crippen molar-refractivity contribution >= 4 is 41.0 Å². The first-order valence-electron chi connectivity index (χ1n) is 14.6. The molecule has 0 bridgehead atoms. The van der Waals surface area contributed by atoms with E-state index in [1.165, 1.54) is 25.7 Å². The van der Waals surface area contributed by atoms with Gasteiger partial charge in [0.25, 0.3) is 0 Å². The molecule has 2 saturated carbocycles. The molecule has 0 spiro atoms. The van der Waals surface area contributed by atoms with Gasteiger partial charge in [0.05, 0.1) is 6.33 Å². The van der Waals surface area contributed by atoms with Crippen LogP contribution >= 0.6 is 11.8 Å². The van der Waals surface area contributed by atoms with Crippen LogP contribution in [0, 0.1) is 0 Å². The summed E-state index contributed by atoms with van der Waals surface area (Å²) in [5.74, 6) is 1.50. The molecule has 9 nitrogen and oxygen atoms in total. The Hall–Kier alpha value is -2.69. The van der Waals surface area contributed by atoms with Crippen LogP contribution in [0.15, 0.2) is 41.6 Å². The monoisotopic (exact) mass is 548 g/mol. The second kappa shape index (κ2) is 12.2. The Bertz CT molecular complexity index is 1230. The lowest BCUT2D eigenvalue weighted by atomic mass is 9.92. The van der Waals surface area contributed by atoms with Crippen LogP contribution in [-0.4, -0.2) is 67.3 Å². The van der Waals surface area contributed by atoms with Gasteiger partial charge in [0.15, 0.2) is 17.0 Å². The third-order valence-electron chi connectivity index (χ3n) is 8.59. The Labute approximate surface area is 234 Å². The molecule has 0 radical (unpaired) electrons. The third kappa shape index (κ3) is 6.23. The predicted molar refractivity (Wildman–Crippen MR) is 157 cm³/mol. The van der Waals surface area contributed by atoms with Crippen LogP contribution in [0.5, 0.6) is 0 Å². The van der Waals surface area contributed by atoms with E-state index >= 15 is 0 Å². The molecule has 1 atom stereocenters. The minimum Gasteiger partial charge on any atom is -0.365 e. The smallest absolute Gasteiger partial charge is 0.227 e. The molecule has 4 N–H and O–H groups in total. The van der Waals surface area contributed by atoms with E-state index in [0.717, 1.165) is 79.8 Å². The van der Waals surface area contributed by atoms with Gasteiger partial charge in [-0.1, -0.05) is 42.8 Å². The summed E-state index contributed by atoms with van der Waals surface area (Å²) in [6, 6.07) is 11.6. The molecule has 1 aromatic carbocycles. The molecule has 39 heavy (non-hydrogen) atoms. The fraction of sp³-hybridized carbons (Fsp3) is 0.586. The van der Waals surface area contributed by atoms with Crippen molar-refractivity contribution in [1.29, 1.82) is 0 Å². The van der Waals surface area contributed by atoms with Crippen LogP contribution < -0.4 is 16.4 Å². The molecule has 10 heteroatoms. The van der Waals surface area contributed by atoms with E-state index < -0.39 is 0 Å². The quantitative estimate of drug-likeness (QED) is 0.256. The number of thioether (sulfide) groups is 1. The van der Waals surface area contributed by atoms with E-state index in [1.807, 2.05) is 24.5 Å². The minimum absolute atomic E-state index is 0.166. The van der Waals surface area contributed by atoms with Crippen LogP contribution in [0.25, 0.3) is 11.2 Å². The molecule has 3 aliphatic rings. The van der Waals surface area contributed by atoms with Crippen molar-refractivity contribution in [2.24, 2.45) is 5.73 Å². The molecule has 208 valence electrons. The predicted octanol–water partition coefficient (Wildman–Crippen LogP) is 4.82. The van der Waals surface area contributed by atoms with E-state index in [-0.39, 0.29) is 11.4 Å². The highest BCUT2D eigenvalue weighted by Crippen LogP contribution is 2.34. The Morgan fingerprint density at radius 2 is 1.64 bits per heavy atom. The molecule has 0 amide bonds. The number of piperidine rings is 1. The van der Waals surface area contributed by atoms with Gasteiger partial charge in [0.2, 0.25) is 5.95 Å². The highest BCUT2D eigenvalue weighted by atomic mass is 32.2. The van der Waals surface area contributed by atoms with Crippen LogP contribution in [0.3, 0.4) is 0 Å². The van der Waals surface area contributed by atoms with Crippen molar-refractivity contribution in [2.45, 2.75) is 98.6 Å². The van der Waals surface area contributed by atoms with Gasteiger partial charge in [0, 0.05) is 42.2 Å². The second-order valence-electron chi connectivity index (χ2n) is 11.3. The van der Waals surface area contributed by atoms with E-state index in [2.05, 4.69) is 32.2 Å². The Balaban J connectivity index is 1.17. The lowest BCUT2D eigenvalue weighted by molar-refractivity contribution is -0.110. The van der Waals surface area contributed by atoms with Crippen LogP contribution in [0.4, 0.5) is 11.8 Å². The summed E-state index contributed by atoms with van der Waals surface area (Å²) in [6.07, 6.45) is 14.0. The van der Waals surface area contributed by atoms with E-state index in [9.17, 15) is 4.79 Å². The zero-order chi connectivity index (χ0) is 26.6. The first-order valence-corrected chi connectivity index (χ1v) is 15.5. The Morgan fingerprint density at radius 1 is 0.923 bits per heavy atom. The number of anilines is 2. The summed E-state index contributed by atoms with van der Waals surface area (Å²) >= 11 is 1.62. The number of nitrogens with zero attached hydrogens (tertiary/aromatic N) is 5. The topological polar surface area (TPSA) is 114 Å². The van der Waals surface area contributed by atoms with Crippen molar-refractivity contribution < 1.29 is 4.79 Å². The molecular weight excluding hydrogens is 508 g/mol. The molecule has 2 aliphatic carbocycles. The number of nitrogens with one attached hydrogen (secondary N) is 2. The standard InChI is InChI=1S/C29H40N8OS/c30-20-10-12-21(13-11-20)33-29-34-27(26-28(35-29)37(19-31-26)23-6-4-5-7-23)32-22-14-16-36(17-15-22)25(18-38)39-24-8-2-1-3-9-24/h1-3,8-9,18-23,25H,4-7,10-17,30H2,(H2,32,33,34,35). The molecule has 3 heterocycles. The van der Waals surface area contributed by atoms with E-state index in [0.29, 0.717) is 24.1 Å². The number of rotatable bonds is 9. The average Bonchev–Trinajstić information content (AvgIpc) is 3.65. The lowest BCUT2D eigenvalue weighted by Gasteiger charge is -2.35. The zero-order valence-corrected chi connectivity index (χ0v) is 23.4. The van der Waals surface area contributed by atoms with Gasteiger partial charge < -0.3 is 25.7 Å². The van der Waals surface area contributed by atoms with Gasteiger partial charge >= 0.3 is 0 Å². The van der Waals surface area contributed by atoms with Crippen LogP contribution in [0.2, 0.25) is 0 Å². The zero-order valence-electron chi connectivity index (χ0n) is 22.5. The van der Waals surface area contributed by atoms with E-state index in [4.69, 9.17) is 20.7 Å². The maximum atomic E-state index is 11.9. The largest absolute Gasteiger partial charge is 0.365 e. The first-order chi connectivity index (χ1) is 19.2. The SMILES string of the molecule is NC1CCC(Nc2nc(NC3CCN(C(C=O)Sc4ccccc4)CC3)c3ncn(C4CCCC4)c3n2)CC1. The molecule has 6 rings (SSSR count). The van der Waals surface area contributed by atoms with Crippen molar-refractivity contribution in [1.82, 2.24) is 24.4 Å². The first kappa shape index (κ1) is 26.5. The van der Waals surface area contributed by atoms with Crippen molar-refractivity contribution in [3.63, 3.8) is 0 Å². The minimum atomic E-state index is -0.166. The summed E-state index contributed by atoms with van der Waals surface area (Å²) in [5.41, 5.74) is 7.92. The molecule has 1 saturated heterocycles. The normalized spacial score (nSPS) is 24.1. The van der Waals surface area contributed by atoms with Gasteiger partial charge in [-0.05, 0) is 63.5 Å². The molecule has 2 aromatic heterocycles. The number of carbonyl (C=O) groups excluding carboxylic acids is 1. The lowest BCUT2D eigenvalue weighted by Crippen LogP contribution is -2.44. The molecule has 3 aromatic rings. The van der Waals surface area contributed by atoms with E-state index in [1.54, 1.807) is 11.8 Å². The summed E-state index contributed by atoms with van der Waals surface area (Å²) in [6.45, 7) is 1.72. The van der Waals surface area contributed by atoms with Gasteiger partial charge in [-0.25, -0.2) is 4.98 Å². The van der Waals surface area contributed by atoms with Crippen LogP contribution in [-0.2, 0) is 4.79 Å². The van der Waals surface area contributed by atoms with Crippen molar-refractivity contribution in [2.75, 3.05) is 23.7 Å². The van der Waals surface area contributed by atoms with Gasteiger partial charge in [-0.2, -0.15) is 9.97 Å². The second-order valence-corrected chi connectivity index (χ2v) is 12.5. The maximum Gasteiger partial charge on any atom is 0.227 e. The number of aldehydes is 1. The number of fused-ring (bicyclic) bond motifs is 1. The summed E-state index contributed by atoms with van der Waals surface area (Å²) in [5, 5.41) is 7.19. The van der Waals surface area contributed by atoms with Crippen LogP contribution in [0.1, 0.15) is 70.3 Å². The maximum absolute atomic E-state index is 11.9. The summed E-state index contributed by atoms with van der Waals surface area (Å²) < 4.78 is 2.27. The van der Waals surface area contributed by atoms with Crippen molar-refractivity contribution in [3.8, 4) is 0 Å². The molecular formula is C29H40N8OS. The number of likely N-dealkylation sites (tertiary alicyclic amines) is 1. The average molecular weight is 549 g/mol. The van der Waals surface area contributed by atoms with Gasteiger partial charge in [0.1, 0.15) is 11.7 Å².